The molecule has 0 radical (unpaired) electrons. The smallest absolute Gasteiger partial charge is 0.274 e. The molecule has 0 aromatic rings. The molecule has 15 heavy (non-hydrogen) atoms. The summed E-state index contributed by atoms with van der Waals surface area (Å²) >= 11 is 0. The summed E-state index contributed by atoms with van der Waals surface area (Å²) < 4.78 is 16.7. The molecule has 2 saturated heterocycles. The molecule has 0 unspecified atom stereocenters. The second-order valence-corrected chi connectivity index (χ2v) is 4.23. The molecule has 0 N–H and O–H groups in total. The van der Waals surface area contributed by atoms with Crippen LogP contribution in [0, 0.1) is 5.41 Å². The van der Waals surface area contributed by atoms with Crippen LogP contribution >= 0.6 is 0 Å². The summed E-state index contributed by atoms with van der Waals surface area (Å²) in [5.41, 5.74) is 0.0685. The fourth-order valence-corrected chi connectivity index (χ4v) is 1.93. The molecule has 0 aromatic heterocycles. The monoisotopic (exact) mass is 210 g/mol. The van der Waals surface area contributed by atoms with E-state index in [4.69, 9.17) is 14.2 Å². The summed E-state index contributed by atoms with van der Waals surface area (Å²) in [6.45, 7) is 6.07. The highest BCUT2D eigenvalue weighted by Crippen LogP contribution is 2.37. The minimum atomic E-state index is 0.0685. The third-order valence-electron chi connectivity index (χ3n) is 3.06. The summed E-state index contributed by atoms with van der Waals surface area (Å²) in [5, 5.41) is 0. The fraction of sp³-hybridized carbons (Fsp3) is 0.667. The van der Waals surface area contributed by atoms with Crippen molar-refractivity contribution in [3.05, 3.63) is 23.9 Å². The Balaban J connectivity index is 1.94. The van der Waals surface area contributed by atoms with Gasteiger partial charge >= 0.3 is 0 Å². The van der Waals surface area contributed by atoms with E-state index in [2.05, 4.69) is 0 Å². The number of ether oxygens (including phenoxy) is 3. The van der Waals surface area contributed by atoms with Gasteiger partial charge in [0.25, 0.3) is 5.95 Å². The predicted molar refractivity (Wildman–Crippen MR) is 57.0 cm³/mol. The van der Waals surface area contributed by atoms with Gasteiger partial charge in [0.15, 0.2) is 0 Å². The topological polar surface area (TPSA) is 27.7 Å². The van der Waals surface area contributed by atoms with E-state index in [0.717, 1.165) is 18.6 Å². The highest BCUT2D eigenvalue weighted by atomic mass is 16.7. The third kappa shape index (κ3) is 2.11. The zero-order chi connectivity index (χ0) is 10.7. The van der Waals surface area contributed by atoms with Crippen LogP contribution in [0.15, 0.2) is 23.9 Å². The van der Waals surface area contributed by atoms with Crippen LogP contribution in [0.25, 0.3) is 0 Å². The van der Waals surface area contributed by atoms with E-state index in [1.165, 1.54) is 0 Å². The fourth-order valence-electron chi connectivity index (χ4n) is 1.93. The van der Waals surface area contributed by atoms with Crippen LogP contribution in [0.3, 0.4) is 0 Å². The number of hydrogen-bond donors (Lipinski definition) is 0. The van der Waals surface area contributed by atoms with E-state index in [1.807, 2.05) is 26.0 Å². The second kappa shape index (κ2) is 4.17. The molecule has 84 valence electrons. The Hall–Kier alpha value is -1.12. The van der Waals surface area contributed by atoms with Crippen LogP contribution in [0.1, 0.15) is 26.7 Å². The SMILES string of the molecule is CC=C1OCC2(CC/C(=C/C)OC2)CO1. The molecule has 0 saturated carbocycles. The van der Waals surface area contributed by atoms with E-state index in [1.54, 1.807) is 0 Å². The van der Waals surface area contributed by atoms with Gasteiger partial charge < -0.3 is 14.2 Å². The number of hydrogen-bond acceptors (Lipinski definition) is 3. The predicted octanol–water partition coefficient (Wildman–Crippen LogP) is 2.60. The molecule has 1 spiro atoms. The first-order chi connectivity index (χ1) is 7.28. The van der Waals surface area contributed by atoms with Crippen molar-refractivity contribution in [3.63, 3.8) is 0 Å². The van der Waals surface area contributed by atoms with Crippen molar-refractivity contribution >= 4 is 0 Å². The van der Waals surface area contributed by atoms with Crippen LogP contribution < -0.4 is 0 Å². The van der Waals surface area contributed by atoms with Gasteiger partial charge in [-0.2, -0.15) is 0 Å². The highest BCUT2D eigenvalue weighted by Gasteiger charge is 2.39. The Morgan fingerprint density at radius 2 is 1.67 bits per heavy atom. The molecule has 3 nitrogen and oxygen atoms in total. The van der Waals surface area contributed by atoms with Crippen molar-refractivity contribution in [2.45, 2.75) is 26.7 Å². The van der Waals surface area contributed by atoms with Gasteiger partial charge in [0, 0.05) is 6.42 Å². The van der Waals surface area contributed by atoms with Crippen molar-refractivity contribution in [1.29, 1.82) is 0 Å². The second-order valence-electron chi connectivity index (χ2n) is 4.23. The molecule has 0 bridgehead atoms. The maximum Gasteiger partial charge on any atom is 0.274 e. The van der Waals surface area contributed by atoms with Crippen LogP contribution in [0.4, 0.5) is 0 Å². The quantitative estimate of drug-likeness (QED) is 0.615. The maximum atomic E-state index is 5.67. The van der Waals surface area contributed by atoms with Crippen molar-refractivity contribution in [1.82, 2.24) is 0 Å². The van der Waals surface area contributed by atoms with Crippen molar-refractivity contribution in [2.24, 2.45) is 5.41 Å². The van der Waals surface area contributed by atoms with Crippen LogP contribution in [-0.4, -0.2) is 19.8 Å². The molecular formula is C12H18O3. The Bertz CT molecular complexity index is 238. The summed E-state index contributed by atoms with van der Waals surface area (Å²) in [6, 6.07) is 0. The first-order valence-electron chi connectivity index (χ1n) is 5.48. The first kappa shape index (κ1) is 10.4. The number of allylic oxidation sites excluding steroid dienone is 3. The zero-order valence-electron chi connectivity index (χ0n) is 9.41. The lowest BCUT2D eigenvalue weighted by atomic mass is 9.83. The molecule has 0 amide bonds. The molecule has 2 aliphatic rings. The van der Waals surface area contributed by atoms with Gasteiger partial charge in [-0.25, -0.2) is 0 Å². The summed E-state index contributed by atoms with van der Waals surface area (Å²) in [5.74, 6) is 1.75. The summed E-state index contributed by atoms with van der Waals surface area (Å²) in [6.07, 6.45) is 5.97. The molecule has 2 aliphatic heterocycles. The molecule has 2 rings (SSSR count). The van der Waals surface area contributed by atoms with Gasteiger partial charge in [-0.1, -0.05) is 0 Å². The average Bonchev–Trinajstić information content (AvgIpc) is 2.31. The van der Waals surface area contributed by atoms with E-state index >= 15 is 0 Å². The lowest BCUT2D eigenvalue weighted by molar-refractivity contribution is -0.136. The van der Waals surface area contributed by atoms with Gasteiger partial charge in [-0.05, 0) is 32.4 Å². The molecule has 3 heteroatoms. The van der Waals surface area contributed by atoms with Gasteiger partial charge in [0.1, 0.15) is 13.2 Å². The molecule has 0 atom stereocenters. The summed E-state index contributed by atoms with van der Waals surface area (Å²) in [4.78, 5) is 0. The third-order valence-corrected chi connectivity index (χ3v) is 3.06. The van der Waals surface area contributed by atoms with Crippen molar-refractivity contribution in [2.75, 3.05) is 19.8 Å². The average molecular weight is 210 g/mol. The lowest BCUT2D eigenvalue weighted by Gasteiger charge is -2.40. The van der Waals surface area contributed by atoms with E-state index < -0.39 is 0 Å². The lowest BCUT2D eigenvalue weighted by Crippen LogP contribution is -2.42. The van der Waals surface area contributed by atoms with Gasteiger partial charge in [-0.3, -0.25) is 0 Å². The minimum Gasteiger partial charge on any atom is -0.497 e. The van der Waals surface area contributed by atoms with E-state index in [-0.39, 0.29) is 5.41 Å². The van der Waals surface area contributed by atoms with E-state index in [9.17, 15) is 0 Å². The first-order valence-corrected chi connectivity index (χ1v) is 5.48. The van der Waals surface area contributed by atoms with Crippen LogP contribution in [0.5, 0.6) is 0 Å². The molecule has 0 aliphatic carbocycles. The van der Waals surface area contributed by atoms with Crippen molar-refractivity contribution < 1.29 is 14.2 Å². The van der Waals surface area contributed by atoms with E-state index in [0.29, 0.717) is 25.8 Å². The Labute approximate surface area is 90.7 Å². The number of rotatable bonds is 0. The van der Waals surface area contributed by atoms with Crippen molar-refractivity contribution in [3.8, 4) is 0 Å². The largest absolute Gasteiger partial charge is 0.497 e. The standard InChI is InChI=1S/C12H18O3/c1-3-10-5-6-12(7-13-10)8-14-11(4-2)15-9-12/h3-4H,5-9H2,1-2H3/b10-3-,11-4?. The summed E-state index contributed by atoms with van der Waals surface area (Å²) in [7, 11) is 0. The zero-order valence-corrected chi connectivity index (χ0v) is 9.41. The Morgan fingerprint density at radius 1 is 1.00 bits per heavy atom. The minimum absolute atomic E-state index is 0.0685. The molecule has 2 heterocycles. The van der Waals surface area contributed by atoms with Crippen LogP contribution in [-0.2, 0) is 14.2 Å². The maximum absolute atomic E-state index is 5.67. The molecule has 0 aromatic carbocycles. The Morgan fingerprint density at radius 3 is 2.13 bits per heavy atom. The Kier molecular flexibility index (Phi) is 2.89. The molecular weight excluding hydrogens is 192 g/mol. The van der Waals surface area contributed by atoms with Gasteiger partial charge in [0.2, 0.25) is 0 Å². The molecule has 2 fully saturated rings. The normalized spacial score (nSPS) is 33.2. The van der Waals surface area contributed by atoms with Crippen LogP contribution in [0.2, 0.25) is 0 Å². The van der Waals surface area contributed by atoms with Gasteiger partial charge in [0.05, 0.1) is 17.8 Å². The highest BCUT2D eigenvalue weighted by molar-refractivity contribution is 5.00. The van der Waals surface area contributed by atoms with Gasteiger partial charge in [-0.15, -0.1) is 0 Å².